The Balaban J connectivity index is 2.30. The summed E-state index contributed by atoms with van der Waals surface area (Å²) in [7, 11) is 0. The molecule has 1 heterocycles. The van der Waals surface area contributed by atoms with Crippen molar-refractivity contribution in [1.29, 1.82) is 0 Å². The minimum Gasteiger partial charge on any atom is -0.437 e. The van der Waals surface area contributed by atoms with Gasteiger partial charge in [-0.2, -0.15) is 5.10 Å². The standard InChI is InChI=1S/C12H13N3O/c1-8-5-12(15-14-7-8)16-11-6-10(13)4-3-9(11)2/h3-7H,13H2,1-2H3. The van der Waals surface area contributed by atoms with E-state index in [0.29, 0.717) is 17.3 Å². The molecule has 0 saturated carbocycles. The Morgan fingerprint density at radius 2 is 2.00 bits per heavy atom. The van der Waals surface area contributed by atoms with Crippen LogP contribution in [0.3, 0.4) is 0 Å². The molecule has 4 nitrogen and oxygen atoms in total. The second-order valence-corrected chi connectivity index (χ2v) is 3.70. The second-order valence-electron chi connectivity index (χ2n) is 3.70. The van der Waals surface area contributed by atoms with Crippen LogP contribution in [0.15, 0.2) is 30.5 Å². The van der Waals surface area contributed by atoms with E-state index in [1.165, 1.54) is 0 Å². The highest BCUT2D eigenvalue weighted by Gasteiger charge is 2.03. The zero-order chi connectivity index (χ0) is 11.5. The van der Waals surface area contributed by atoms with Gasteiger partial charge in [-0.3, -0.25) is 0 Å². The molecular weight excluding hydrogens is 202 g/mol. The van der Waals surface area contributed by atoms with Gasteiger partial charge in [0.1, 0.15) is 5.75 Å². The quantitative estimate of drug-likeness (QED) is 0.782. The summed E-state index contributed by atoms with van der Waals surface area (Å²) in [5.74, 6) is 1.19. The van der Waals surface area contributed by atoms with Crippen LogP contribution in [0.5, 0.6) is 11.6 Å². The van der Waals surface area contributed by atoms with Crippen molar-refractivity contribution in [2.24, 2.45) is 0 Å². The summed E-state index contributed by atoms with van der Waals surface area (Å²) >= 11 is 0. The average molecular weight is 215 g/mol. The van der Waals surface area contributed by atoms with Gasteiger partial charge in [0.15, 0.2) is 0 Å². The maximum Gasteiger partial charge on any atom is 0.239 e. The number of rotatable bonds is 2. The van der Waals surface area contributed by atoms with Crippen molar-refractivity contribution in [3.05, 3.63) is 41.6 Å². The maximum atomic E-state index is 5.70. The van der Waals surface area contributed by atoms with Gasteiger partial charge in [0.05, 0.1) is 6.20 Å². The molecule has 2 rings (SSSR count). The first-order valence-electron chi connectivity index (χ1n) is 4.98. The Bertz CT molecular complexity index is 511. The highest BCUT2D eigenvalue weighted by atomic mass is 16.5. The molecular formula is C12H13N3O. The van der Waals surface area contributed by atoms with E-state index < -0.39 is 0 Å². The first-order valence-corrected chi connectivity index (χ1v) is 4.98. The largest absolute Gasteiger partial charge is 0.437 e. The van der Waals surface area contributed by atoms with Crippen molar-refractivity contribution >= 4 is 5.69 Å². The van der Waals surface area contributed by atoms with Gasteiger partial charge in [-0.1, -0.05) is 6.07 Å². The SMILES string of the molecule is Cc1cnnc(Oc2cc(N)ccc2C)c1. The number of benzene rings is 1. The lowest BCUT2D eigenvalue weighted by molar-refractivity contribution is 0.451. The molecule has 82 valence electrons. The van der Waals surface area contributed by atoms with Gasteiger partial charge in [0.25, 0.3) is 0 Å². The molecule has 2 aromatic rings. The summed E-state index contributed by atoms with van der Waals surface area (Å²) in [5.41, 5.74) is 8.38. The van der Waals surface area contributed by atoms with Crippen LogP contribution in [0, 0.1) is 13.8 Å². The molecule has 0 atom stereocenters. The van der Waals surface area contributed by atoms with Crippen molar-refractivity contribution in [3.63, 3.8) is 0 Å². The van der Waals surface area contributed by atoms with Gasteiger partial charge in [-0.15, -0.1) is 5.10 Å². The molecule has 0 aliphatic carbocycles. The fraction of sp³-hybridized carbons (Fsp3) is 0.167. The molecule has 1 aromatic heterocycles. The summed E-state index contributed by atoms with van der Waals surface area (Å²) in [5, 5.41) is 7.72. The number of ether oxygens (including phenoxy) is 1. The maximum absolute atomic E-state index is 5.70. The molecule has 0 fully saturated rings. The van der Waals surface area contributed by atoms with Crippen LogP contribution >= 0.6 is 0 Å². The van der Waals surface area contributed by atoms with E-state index in [-0.39, 0.29) is 0 Å². The monoisotopic (exact) mass is 215 g/mol. The van der Waals surface area contributed by atoms with Crippen molar-refractivity contribution < 1.29 is 4.74 Å². The molecule has 0 aliphatic heterocycles. The molecule has 0 saturated heterocycles. The predicted octanol–water partition coefficient (Wildman–Crippen LogP) is 2.47. The van der Waals surface area contributed by atoms with Crippen LogP contribution in [0.2, 0.25) is 0 Å². The molecule has 0 amide bonds. The Morgan fingerprint density at radius 3 is 2.75 bits per heavy atom. The van der Waals surface area contributed by atoms with E-state index in [9.17, 15) is 0 Å². The van der Waals surface area contributed by atoms with Gasteiger partial charge < -0.3 is 10.5 Å². The molecule has 16 heavy (non-hydrogen) atoms. The highest BCUT2D eigenvalue weighted by molar-refractivity contribution is 5.48. The molecule has 0 radical (unpaired) electrons. The third-order valence-electron chi connectivity index (χ3n) is 2.20. The first-order chi connectivity index (χ1) is 7.65. The van der Waals surface area contributed by atoms with Crippen molar-refractivity contribution in [2.45, 2.75) is 13.8 Å². The van der Waals surface area contributed by atoms with Crippen LogP contribution < -0.4 is 10.5 Å². The van der Waals surface area contributed by atoms with E-state index in [4.69, 9.17) is 10.5 Å². The van der Waals surface area contributed by atoms with Crippen LogP contribution in [0.1, 0.15) is 11.1 Å². The van der Waals surface area contributed by atoms with Crippen LogP contribution in [-0.2, 0) is 0 Å². The summed E-state index contributed by atoms with van der Waals surface area (Å²) in [6.07, 6.45) is 1.68. The molecule has 4 heteroatoms. The van der Waals surface area contributed by atoms with Crippen LogP contribution in [-0.4, -0.2) is 10.2 Å². The normalized spacial score (nSPS) is 10.1. The molecule has 0 bridgehead atoms. The van der Waals surface area contributed by atoms with E-state index >= 15 is 0 Å². The topological polar surface area (TPSA) is 61.0 Å². The fourth-order valence-corrected chi connectivity index (χ4v) is 1.33. The number of hydrogen-bond acceptors (Lipinski definition) is 4. The van der Waals surface area contributed by atoms with Crippen LogP contribution in [0.4, 0.5) is 5.69 Å². The van der Waals surface area contributed by atoms with Gasteiger partial charge in [0.2, 0.25) is 5.88 Å². The second kappa shape index (κ2) is 4.18. The molecule has 1 aromatic carbocycles. The molecule has 0 spiro atoms. The molecule has 2 N–H and O–H groups in total. The minimum absolute atomic E-state index is 0.480. The zero-order valence-corrected chi connectivity index (χ0v) is 9.27. The van der Waals surface area contributed by atoms with E-state index in [1.54, 1.807) is 12.3 Å². The van der Waals surface area contributed by atoms with Crippen molar-refractivity contribution in [3.8, 4) is 11.6 Å². The minimum atomic E-state index is 0.480. The van der Waals surface area contributed by atoms with Crippen LogP contribution in [0.25, 0.3) is 0 Å². The van der Waals surface area contributed by atoms with E-state index in [1.807, 2.05) is 32.0 Å². The smallest absolute Gasteiger partial charge is 0.239 e. The Hall–Kier alpha value is -2.10. The lowest BCUT2D eigenvalue weighted by atomic mass is 10.2. The predicted molar refractivity (Wildman–Crippen MR) is 62.4 cm³/mol. The summed E-state index contributed by atoms with van der Waals surface area (Å²) in [4.78, 5) is 0. The average Bonchev–Trinajstić information content (AvgIpc) is 2.24. The highest BCUT2D eigenvalue weighted by Crippen LogP contribution is 2.25. The van der Waals surface area contributed by atoms with E-state index in [2.05, 4.69) is 10.2 Å². The first kappa shape index (κ1) is 10.4. The number of hydrogen-bond donors (Lipinski definition) is 1. The van der Waals surface area contributed by atoms with Gasteiger partial charge in [0, 0.05) is 17.8 Å². The number of nitrogen functional groups attached to an aromatic ring is 1. The third-order valence-corrected chi connectivity index (χ3v) is 2.20. The lowest BCUT2D eigenvalue weighted by Gasteiger charge is -2.08. The number of anilines is 1. The van der Waals surface area contributed by atoms with E-state index in [0.717, 1.165) is 11.1 Å². The van der Waals surface area contributed by atoms with Crippen molar-refractivity contribution in [1.82, 2.24) is 10.2 Å². The number of nitrogens with two attached hydrogens (primary N) is 1. The number of aromatic nitrogens is 2. The van der Waals surface area contributed by atoms with Crippen molar-refractivity contribution in [2.75, 3.05) is 5.73 Å². The lowest BCUT2D eigenvalue weighted by Crippen LogP contribution is -1.94. The molecule has 0 unspecified atom stereocenters. The third kappa shape index (κ3) is 2.28. The zero-order valence-electron chi connectivity index (χ0n) is 9.27. The van der Waals surface area contributed by atoms with Gasteiger partial charge >= 0.3 is 0 Å². The fourth-order valence-electron chi connectivity index (χ4n) is 1.33. The Kier molecular flexibility index (Phi) is 2.72. The number of aryl methyl sites for hydroxylation is 2. The Morgan fingerprint density at radius 1 is 1.19 bits per heavy atom. The molecule has 0 aliphatic rings. The summed E-state index contributed by atoms with van der Waals surface area (Å²) in [6.45, 7) is 3.89. The summed E-state index contributed by atoms with van der Waals surface area (Å²) < 4.78 is 5.62. The Labute approximate surface area is 94.1 Å². The van der Waals surface area contributed by atoms with Gasteiger partial charge in [-0.25, -0.2) is 0 Å². The number of nitrogens with zero attached hydrogens (tertiary/aromatic N) is 2. The summed E-state index contributed by atoms with van der Waals surface area (Å²) in [6, 6.07) is 7.35. The van der Waals surface area contributed by atoms with Gasteiger partial charge in [-0.05, 0) is 31.0 Å².